The highest BCUT2D eigenvalue weighted by Gasteiger charge is 2.08. The van der Waals surface area contributed by atoms with Crippen LogP contribution in [0, 0.1) is 6.92 Å². The van der Waals surface area contributed by atoms with E-state index in [1.165, 1.54) is 17.8 Å². The van der Waals surface area contributed by atoms with Gasteiger partial charge in [-0.3, -0.25) is 10.2 Å². The van der Waals surface area contributed by atoms with Crippen LogP contribution in [-0.4, -0.2) is 20.1 Å². The van der Waals surface area contributed by atoms with Crippen molar-refractivity contribution in [3.05, 3.63) is 71.1 Å². The second kappa shape index (κ2) is 8.68. The molecule has 126 valence electrons. The summed E-state index contributed by atoms with van der Waals surface area (Å²) in [6.07, 6.45) is 1.45. The predicted molar refractivity (Wildman–Crippen MR) is 97.6 cm³/mol. The van der Waals surface area contributed by atoms with Gasteiger partial charge in [-0.15, -0.1) is 16.6 Å². The first-order valence-corrected chi connectivity index (χ1v) is 9.71. The van der Waals surface area contributed by atoms with Crippen LogP contribution >= 0.6 is 11.8 Å². The number of rotatable bonds is 7. The Labute approximate surface area is 146 Å². The Morgan fingerprint density at radius 2 is 1.75 bits per heavy atom. The van der Waals surface area contributed by atoms with Crippen LogP contribution in [0.1, 0.15) is 11.1 Å². The van der Waals surface area contributed by atoms with Gasteiger partial charge in [-0.25, -0.2) is 8.42 Å². The minimum atomic E-state index is -3.74. The molecule has 2 rings (SSSR count). The van der Waals surface area contributed by atoms with Crippen molar-refractivity contribution in [1.82, 2.24) is 10.3 Å². The van der Waals surface area contributed by atoms with Crippen LogP contribution in [0.15, 0.2) is 64.9 Å². The number of hydrogen-bond acceptors (Lipinski definition) is 4. The summed E-state index contributed by atoms with van der Waals surface area (Å²) < 4.78 is 23.6. The van der Waals surface area contributed by atoms with Crippen LogP contribution in [0.3, 0.4) is 0 Å². The van der Waals surface area contributed by atoms with Gasteiger partial charge in [0.25, 0.3) is 10.0 Å². The third kappa shape index (κ3) is 6.57. The lowest BCUT2D eigenvalue weighted by molar-refractivity contribution is -0.119. The number of hydrogen-bond donors (Lipinski definition) is 2. The molecule has 24 heavy (non-hydrogen) atoms. The van der Waals surface area contributed by atoms with E-state index in [1.54, 1.807) is 12.1 Å². The van der Waals surface area contributed by atoms with E-state index in [2.05, 4.69) is 5.43 Å². The zero-order valence-corrected chi connectivity index (χ0v) is 14.7. The highest BCUT2D eigenvalue weighted by atomic mass is 32.2. The lowest BCUT2D eigenvalue weighted by Crippen LogP contribution is -2.41. The van der Waals surface area contributed by atoms with Gasteiger partial charge in [0.2, 0.25) is 5.91 Å². The quantitative estimate of drug-likeness (QED) is 0.587. The summed E-state index contributed by atoms with van der Waals surface area (Å²) in [5, 5.41) is 1.01. The number of benzene rings is 2. The summed E-state index contributed by atoms with van der Waals surface area (Å²) in [5.74, 6) is -0.300. The third-order valence-corrected chi connectivity index (χ3v) is 4.86. The lowest BCUT2D eigenvalue weighted by Gasteiger charge is -2.06. The van der Waals surface area contributed by atoms with Gasteiger partial charge in [0, 0.05) is 10.3 Å². The summed E-state index contributed by atoms with van der Waals surface area (Å²) in [6, 6.07) is 16.8. The van der Waals surface area contributed by atoms with Gasteiger partial charge in [0.1, 0.15) is 0 Å². The average Bonchev–Trinajstić information content (AvgIpc) is 2.59. The van der Waals surface area contributed by atoms with E-state index in [-0.39, 0.29) is 5.75 Å². The molecule has 2 aromatic rings. The van der Waals surface area contributed by atoms with Gasteiger partial charge in [-0.2, -0.15) is 0 Å². The topological polar surface area (TPSA) is 75.3 Å². The fourth-order valence-electron chi connectivity index (χ4n) is 1.71. The van der Waals surface area contributed by atoms with Gasteiger partial charge >= 0.3 is 0 Å². The van der Waals surface area contributed by atoms with Crippen molar-refractivity contribution in [2.75, 3.05) is 5.75 Å². The number of carbonyl (C=O) groups is 1. The monoisotopic (exact) mass is 362 g/mol. The molecule has 2 N–H and O–H groups in total. The fourth-order valence-corrected chi connectivity index (χ4v) is 3.07. The zero-order valence-electron chi connectivity index (χ0n) is 13.1. The largest absolute Gasteiger partial charge is 0.277 e. The smallest absolute Gasteiger partial charge is 0.250 e. The second-order valence-electron chi connectivity index (χ2n) is 5.01. The molecule has 0 radical (unpaired) electrons. The molecular formula is C17H18N2O3S2. The van der Waals surface area contributed by atoms with Crippen molar-refractivity contribution in [3.8, 4) is 0 Å². The molecule has 0 aliphatic carbocycles. The number of sulfonamides is 1. The van der Waals surface area contributed by atoms with Crippen molar-refractivity contribution in [2.45, 2.75) is 11.8 Å². The lowest BCUT2D eigenvalue weighted by atomic mass is 10.2. The number of amides is 1. The number of aryl methyl sites for hydroxylation is 1. The van der Waals surface area contributed by atoms with E-state index >= 15 is 0 Å². The van der Waals surface area contributed by atoms with E-state index in [4.69, 9.17) is 0 Å². The van der Waals surface area contributed by atoms with Gasteiger partial charge in [0.15, 0.2) is 0 Å². The molecule has 0 saturated carbocycles. The highest BCUT2D eigenvalue weighted by molar-refractivity contribution is 8.00. The molecule has 1 amide bonds. The molecule has 0 atom stereocenters. The summed E-state index contributed by atoms with van der Waals surface area (Å²) in [5.41, 5.74) is 4.09. The maximum absolute atomic E-state index is 11.8. The normalized spacial score (nSPS) is 11.5. The molecule has 0 heterocycles. The Hall–Kier alpha value is -2.09. The summed E-state index contributed by atoms with van der Waals surface area (Å²) in [4.78, 5) is 14.7. The number of hydrazine groups is 1. The third-order valence-electron chi connectivity index (χ3n) is 2.96. The number of carbonyl (C=O) groups excluding carboxylic acids is 1. The first kappa shape index (κ1) is 18.3. The van der Waals surface area contributed by atoms with Crippen LogP contribution in [0.4, 0.5) is 0 Å². The zero-order chi connectivity index (χ0) is 17.4. The van der Waals surface area contributed by atoms with E-state index in [9.17, 15) is 13.2 Å². The van der Waals surface area contributed by atoms with Gasteiger partial charge in [-0.05, 0) is 30.7 Å². The van der Waals surface area contributed by atoms with Crippen molar-refractivity contribution < 1.29 is 13.2 Å². The number of thioether (sulfide) groups is 1. The van der Waals surface area contributed by atoms with Crippen molar-refractivity contribution >= 4 is 33.8 Å². The maximum Gasteiger partial charge on any atom is 0.250 e. The average molecular weight is 362 g/mol. The fraction of sp³-hybridized carbons (Fsp3) is 0.118. The van der Waals surface area contributed by atoms with Gasteiger partial charge in [-0.1, -0.05) is 48.0 Å². The first-order chi connectivity index (χ1) is 11.4. The number of nitrogens with one attached hydrogen (secondary N) is 2. The second-order valence-corrected chi connectivity index (χ2v) is 7.63. The minimum absolute atomic E-state index is 0.119. The van der Waals surface area contributed by atoms with E-state index in [0.29, 0.717) is 0 Å². The summed E-state index contributed by atoms with van der Waals surface area (Å²) in [7, 11) is -3.74. The van der Waals surface area contributed by atoms with Gasteiger partial charge in [0.05, 0.1) is 5.75 Å². The Balaban J connectivity index is 1.79. The van der Waals surface area contributed by atoms with Crippen LogP contribution in [0.25, 0.3) is 6.08 Å². The molecule has 2 aromatic carbocycles. The molecule has 0 aliphatic heterocycles. The minimum Gasteiger partial charge on any atom is -0.277 e. The molecule has 0 aromatic heterocycles. The molecule has 0 aliphatic rings. The Morgan fingerprint density at radius 1 is 1.08 bits per heavy atom. The molecule has 0 saturated heterocycles. The molecule has 0 unspecified atom stereocenters. The van der Waals surface area contributed by atoms with Crippen LogP contribution in [0.5, 0.6) is 0 Å². The van der Waals surface area contributed by atoms with Crippen LogP contribution in [0.2, 0.25) is 0 Å². The predicted octanol–water partition coefficient (Wildman–Crippen LogP) is 2.71. The molecule has 0 spiro atoms. The molecule has 7 heteroatoms. The summed E-state index contributed by atoms with van der Waals surface area (Å²) >= 11 is 1.33. The summed E-state index contributed by atoms with van der Waals surface area (Å²) in [6.45, 7) is 1.99. The van der Waals surface area contributed by atoms with E-state index < -0.39 is 15.9 Å². The van der Waals surface area contributed by atoms with Crippen molar-refractivity contribution in [3.63, 3.8) is 0 Å². The molecular weight excluding hydrogens is 344 g/mol. The standard InChI is InChI=1S/C17H18N2O3S2/c1-14-7-9-16(10-8-14)23-13-17(20)18-19-24(21,22)12-11-15-5-3-2-4-6-15/h2-12,19H,13H2,1H3,(H,18,20)/b12-11+. The Morgan fingerprint density at radius 3 is 2.42 bits per heavy atom. The first-order valence-electron chi connectivity index (χ1n) is 7.18. The molecule has 5 nitrogen and oxygen atoms in total. The SMILES string of the molecule is Cc1ccc(SCC(=O)NNS(=O)(=O)/C=C/c2ccccc2)cc1. The van der Waals surface area contributed by atoms with Crippen LogP contribution in [-0.2, 0) is 14.8 Å². The van der Waals surface area contributed by atoms with E-state index in [0.717, 1.165) is 21.4 Å². The molecule has 0 bridgehead atoms. The Bertz CT molecular complexity index is 801. The van der Waals surface area contributed by atoms with Crippen LogP contribution < -0.4 is 10.3 Å². The van der Waals surface area contributed by atoms with Crippen molar-refractivity contribution in [1.29, 1.82) is 0 Å². The van der Waals surface area contributed by atoms with Gasteiger partial charge < -0.3 is 0 Å². The Kier molecular flexibility index (Phi) is 6.60. The van der Waals surface area contributed by atoms with E-state index in [1.807, 2.05) is 54.2 Å². The molecule has 0 fully saturated rings. The maximum atomic E-state index is 11.8. The van der Waals surface area contributed by atoms with Crippen molar-refractivity contribution in [2.24, 2.45) is 0 Å². The highest BCUT2D eigenvalue weighted by Crippen LogP contribution is 2.17.